The fraction of sp³-hybridized carbons (Fsp3) is 0. The lowest BCUT2D eigenvalue weighted by molar-refractivity contribution is 0.352. The summed E-state index contributed by atoms with van der Waals surface area (Å²) in [6, 6.07) is 0. The van der Waals surface area contributed by atoms with Crippen LogP contribution >= 0.6 is 0 Å². The molecule has 76 valence electrons. The van der Waals surface area contributed by atoms with Gasteiger partial charge in [-0.3, -0.25) is 23.4 Å². The molecule has 1 heterocycles. The van der Waals surface area contributed by atoms with Gasteiger partial charge in [-0.05, 0) is 0 Å². The van der Waals surface area contributed by atoms with Gasteiger partial charge in [0.15, 0.2) is 0 Å². The molecule has 0 aliphatic carbocycles. The maximum absolute atomic E-state index is 10.3. The first-order valence-electron chi connectivity index (χ1n) is 2.70. The topological polar surface area (TPSA) is 181 Å². The molecule has 0 fully saturated rings. The molecule has 0 atom stereocenters. The molecule has 0 aromatic carbocycles. The SMILES string of the molecule is Nc1[nH][nH]c(=O)c1N.O=S(=O)([O-])[O-]. The fourth-order valence-electron chi connectivity index (χ4n) is 0.381. The molecule has 0 unspecified atom stereocenters. The van der Waals surface area contributed by atoms with E-state index in [-0.39, 0.29) is 17.1 Å². The minimum atomic E-state index is -5.17. The lowest BCUT2D eigenvalue weighted by atomic mass is 10.5. The van der Waals surface area contributed by atoms with Crippen LogP contribution in [0, 0.1) is 0 Å². The Morgan fingerprint density at radius 1 is 1.15 bits per heavy atom. The van der Waals surface area contributed by atoms with Crippen molar-refractivity contribution in [1.29, 1.82) is 0 Å². The van der Waals surface area contributed by atoms with Crippen molar-refractivity contribution in [2.75, 3.05) is 11.5 Å². The van der Waals surface area contributed by atoms with Gasteiger partial charge in [0.1, 0.15) is 11.5 Å². The van der Waals surface area contributed by atoms with Crippen LogP contribution in [-0.2, 0) is 10.4 Å². The largest absolute Gasteiger partial charge is 0.759 e. The van der Waals surface area contributed by atoms with Crippen molar-refractivity contribution in [2.24, 2.45) is 0 Å². The standard InChI is InChI=1S/C3H6N4O.H2O4S/c4-1-2(5)6-7-3(1)8;1-5(2,3)4/h4H2,(H4,5,6,7,8);(H2,1,2,3,4)/p-2. The Morgan fingerprint density at radius 2 is 1.54 bits per heavy atom. The maximum atomic E-state index is 10.3. The van der Waals surface area contributed by atoms with Crippen molar-refractivity contribution in [3.63, 3.8) is 0 Å². The highest BCUT2D eigenvalue weighted by atomic mass is 32.3. The van der Waals surface area contributed by atoms with Crippen LogP contribution in [0.25, 0.3) is 0 Å². The van der Waals surface area contributed by atoms with Crippen LogP contribution in [-0.4, -0.2) is 27.7 Å². The minimum Gasteiger partial charge on any atom is -0.759 e. The first-order chi connectivity index (χ1) is 5.72. The Labute approximate surface area is 72.3 Å². The van der Waals surface area contributed by atoms with Crippen LogP contribution in [0.1, 0.15) is 0 Å². The third-order valence-corrected chi connectivity index (χ3v) is 0.845. The second-order valence-electron chi connectivity index (χ2n) is 1.81. The summed E-state index contributed by atoms with van der Waals surface area (Å²) in [6.07, 6.45) is 0. The second kappa shape index (κ2) is 3.93. The van der Waals surface area contributed by atoms with E-state index in [0.717, 1.165) is 0 Å². The van der Waals surface area contributed by atoms with Gasteiger partial charge in [0.25, 0.3) is 5.56 Å². The Bertz CT molecular complexity index is 407. The van der Waals surface area contributed by atoms with Crippen LogP contribution in [0.2, 0.25) is 0 Å². The van der Waals surface area contributed by atoms with E-state index in [4.69, 9.17) is 29.0 Å². The van der Waals surface area contributed by atoms with Gasteiger partial charge in [-0.1, -0.05) is 0 Å². The zero-order valence-electron chi connectivity index (χ0n) is 6.10. The van der Waals surface area contributed by atoms with Crippen molar-refractivity contribution >= 4 is 21.9 Å². The number of rotatable bonds is 0. The Morgan fingerprint density at radius 3 is 1.62 bits per heavy atom. The molecule has 1 aromatic rings. The zero-order chi connectivity index (χ0) is 10.6. The number of nitrogen functional groups attached to an aromatic ring is 2. The molecule has 0 saturated carbocycles. The average molecular weight is 210 g/mol. The monoisotopic (exact) mass is 210 g/mol. The molecule has 10 heteroatoms. The van der Waals surface area contributed by atoms with Crippen molar-refractivity contribution in [3.8, 4) is 0 Å². The summed E-state index contributed by atoms with van der Waals surface area (Å²) in [5, 5.41) is 4.56. The van der Waals surface area contributed by atoms with Gasteiger partial charge in [0, 0.05) is 10.4 Å². The third-order valence-electron chi connectivity index (χ3n) is 0.845. The first-order valence-corrected chi connectivity index (χ1v) is 4.03. The molecule has 9 nitrogen and oxygen atoms in total. The third kappa shape index (κ3) is 5.72. The maximum Gasteiger partial charge on any atom is 0.289 e. The highest BCUT2D eigenvalue weighted by Crippen LogP contribution is 1.98. The van der Waals surface area contributed by atoms with Crippen molar-refractivity contribution < 1.29 is 17.5 Å². The van der Waals surface area contributed by atoms with E-state index in [9.17, 15) is 4.79 Å². The molecule has 1 rings (SSSR count). The molecule has 1 aromatic heterocycles. The summed E-state index contributed by atoms with van der Waals surface area (Å²) in [5.41, 5.74) is 9.90. The van der Waals surface area contributed by atoms with Gasteiger partial charge >= 0.3 is 0 Å². The van der Waals surface area contributed by atoms with Crippen LogP contribution < -0.4 is 17.0 Å². The lowest BCUT2D eigenvalue weighted by Gasteiger charge is -2.06. The molecule has 0 aliphatic rings. The molecular formula is C3H6N4O5S-2. The molecule has 0 radical (unpaired) electrons. The highest BCUT2D eigenvalue weighted by molar-refractivity contribution is 7.79. The highest BCUT2D eigenvalue weighted by Gasteiger charge is 1.97. The normalized spacial score (nSPS) is 10.3. The smallest absolute Gasteiger partial charge is 0.289 e. The number of anilines is 2. The Balaban J connectivity index is 0.000000252. The van der Waals surface area contributed by atoms with Crippen LogP contribution in [0.5, 0.6) is 0 Å². The first kappa shape index (κ1) is 11.5. The van der Waals surface area contributed by atoms with Crippen LogP contribution in [0.3, 0.4) is 0 Å². The van der Waals surface area contributed by atoms with Crippen molar-refractivity contribution in [2.45, 2.75) is 0 Å². The Hall–Kier alpha value is -1.52. The van der Waals surface area contributed by atoms with Crippen molar-refractivity contribution in [1.82, 2.24) is 10.2 Å². The summed E-state index contributed by atoms with van der Waals surface area (Å²) in [5.74, 6) is 0.190. The molecule has 0 bridgehead atoms. The minimum absolute atomic E-state index is 0.0463. The number of H-pyrrole nitrogens is 2. The van der Waals surface area contributed by atoms with Gasteiger partial charge in [-0.15, -0.1) is 0 Å². The zero-order valence-corrected chi connectivity index (χ0v) is 6.92. The van der Waals surface area contributed by atoms with Gasteiger partial charge < -0.3 is 20.6 Å². The molecule has 0 aliphatic heterocycles. The second-order valence-corrected chi connectivity index (χ2v) is 2.63. The van der Waals surface area contributed by atoms with E-state index in [2.05, 4.69) is 10.2 Å². The Kier molecular flexibility index (Phi) is 3.47. The fourth-order valence-corrected chi connectivity index (χ4v) is 0.381. The number of hydrogen-bond acceptors (Lipinski definition) is 7. The number of aromatic nitrogens is 2. The number of nitrogens with one attached hydrogen (secondary N) is 2. The molecule has 0 spiro atoms. The average Bonchev–Trinajstić information content (AvgIpc) is 2.16. The van der Waals surface area contributed by atoms with E-state index in [1.165, 1.54) is 0 Å². The summed E-state index contributed by atoms with van der Waals surface area (Å²) in [6.45, 7) is 0. The quantitative estimate of drug-likeness (QED) is 0.270. The van der Waals surface area contributed by atoms with E-state index in [1.54, 1.807) is 0 Å². The van der Waals surface area contributed by atoms with E-state index >= 15 is 0 Å². The van der Waals surface area contributed by atoms with E-state index in [0.29, 0.717) is 0 Å². The van der Waals surface area contributed by atoms with Gasteiger partial charge in [-0.2, -0.15) is 0 Å². The predicted molar refractivity (Wildman–Crippen MR) is 40.7 cm³/mol. The summed E-state index contributed by atoms with van der Waals surface area (Å²) >= 11 is 0. The number of hydrogen-bond donors (Lipinski definition) is 4. The molecule has 0 amide bonds. The lowest BCUT2D eigenvalue weighted by Crippen LogP contribution is -2.05. The van der Waals surface area contributed by atoms with Crippen LogP contribution in [0.4, 0.5) is 11.5 Å². The summed E-state index contributed by atoms with van der Waals surface area (Å²) in [4.78, 5) is 10.3. The van der Waals surface area contributed by atoms with Gasteiger partial charge in [0.05, 0.1) is 0 Å². The van der Waals surface area contributed by atoms with Crippen LogP contribution in [0.15, 0.2) is 4.79 Å². The summed E-state index contributed by atoms with van der Waals surface area (Å²) < 4.78 is 34.1. The van der Waals surface area contributed by atoms with Gasteiger partial charge in [-0.25, -0.2) is 0 Å². The summed E-state index contributed by atoms with van der Waals surface area (Å²) in [7, 11) is -5.17. The number of nitrogens with two attached hydrogens (primary N) is 2. The molecule has 0 saturated heterocycles. The molecule has 6 N–H and O–H groups in total. The molecular weight excluding hydrogens is 204 g/mol. The van der Waals surface area contributed by atoms with E-state index < -0.39 is 10.4 Å². The van der Waals surface area contributed by atoms with Gasteiger partial charge in [0.2, 0.25) is 0 Å². The van der Waals surface area contributed by atoms with Crippen molar-refractivity contribution in [3.05, 3.63) is 10.4 Å². The molecule has 13 heavy (non-hydrogen) atoms. The van der Waals surface area contributed by atoms with E-state index in [1.807, 2.05) is 0 Å². The predicted octanol–water partition coefficient (Wildman–Crippen LogP) is -2.47. The number of aromatic amines is 2.